The lowest BCUT2D eigenvalue weighted by molar-refractivity contribution is 0.0628. The normalized spacial score (nSPS) is 13.8. The van der Waals surface area contributed by atoms with Gasteiger partial charge in [-0.25, -0.2) is 9.97 Å². The van der Waals surface area contributed by atoms with Crippen molar-refractivity contribution in [3.05, 3.63) is 168 Å². The predicted octanol–water partition coefficient (Wildman–Crippen LogP) is 10.7. The van der Waals surface area contributed by atoms with Gasteiger partial charge in [-0.05, 0) is 58.7 Å². The van der Waals surface area contributed by atoms with Crippen molar-refractivity contribution in [3.8, 4) is 44.5 Å². The Morgan fingerprint density at radius 1 is 0.471 bits per heavy atom. The Morgan fingerprint density at radius 3 is 1.35 bits per heavy atom. The summed E-state index contributed by atoms with van der Waals surface area (Å²) in [7, 11) is 1.57. The molecule has 0 saturated heterocycles. The molecule has 0 aliphatic carbocycles. The van der Waals surface area contributed by atoms with Gasteiger partial charge in [-0.3, -0.25) is 4.79 Å². The monoisotopic (exact) mass is 660 g/mol. The van der Waals surface area contributed by atoms with Crippen LogP contribution in [0.2, 0.25) is 0 Å². The number of carbonyl (C=O) groups excluding carboxylic acids is 1. The number of ketones is 1. The van der Waals surface area contributed by atoms with Crippen molar-refractivity contribution >= 4 is 40.0 Å². The quantitative estimate of drug-likeness (QED) is 0.192. The molecule has 0 spiro atoms. The zero-order valence-corrected chi connectivity index (χ0v) is 27.8. The number of nitrogens with one attached hydrogen (secondary N) is 2. The largest absolute Gasteiger partial charge is 0.367 e. The van der Waals surface area contributed by atoms with Gasteiger partial charge in [0.1, 0.15) is 5.69 Å². The number of Topliss-reactive ketones (excluding diaryl/α,β-unsaturated/α-hetero) is 1. The number of rotatable bonds is 5. The van der Waals surface area contributed by atoms with Gasteiger partial charge in [0.25, 0.3) is 0 Å². The van der Waals surface area contributed by atoms with Crippen molar-refractivity contribution in [2.24, 2.45) is 0 Å². The van der Waals surface area contributed by atoms with Crippen molar-refractivity contribution in [2.75, 3.05) is 7.11 Å². The molecule has 2 aliphatic heterocycles. The minimum atomic E-state index is -0.916. The molecular weight excluding hydrogens is 629 g/mol. The molecule has 0 amide bonds. The summed E-state index contributed by atoms with van der Waals surface area (Å²) >= 11 is 0. The first-order valence-corrected chi connectivity index (χ1v) is 16.9. The second kappa shape index (κ2) is 12.7. The molecule has 6 nitrogen and oxygen atoms in total. The van der Waals surface area contributed by atoms with Crippen molar-refractivity contribution in [1.29, 1.82) is 0 Å². The van der Waals surface area contributed by atoms with Crippen molar-refractivity contribution in [2.45, 2.75) is 6.10 Å². The number of H-pyrrole nitrogens is 2. The van der Waals surface area contributed by atoms with Crippen molar-refractivity contribution in [1.82, 2.24) is 19.9 Å². The molecule has 9 rings (SSSR count). The zero-order valence-electron chi connectivity index (χ0n) is 27.8. The van der Waals surface area contributed by atoms with E-state index in [1.165, 1.54) is 0 Å². The van der Waals surface area contributed by atoms with E-state index in [1.54, 1.807) is 7.11 Å². The molecule has 7 aromatic rings. The Morgan fingerprint density at radius 2 is 0.863 bits per heavy atom. The molecule has 1 atom stereocenters. The van der Waals surface area contributed by atoms with Crippen molar-refractivity contribution < 1.29 is 9.53 Å². The van der Waals surface area contributed by atoms with E-state index >= 15 is 0 Å². The maximum atomic E-state index is 14.5. The molecule has 8 bridgehead atoms. The van der Waals surface area contributed by atoms with Crippen LogP contribution in [0.15, 0.2) is 146 Å². The van der Waals surface area contributed by atoms with Gasteiger partial charge < -0.3 is 14.7 Å². The fourth-order valence-corrected chi connectivity index (χ4v) is 7.25. The van der Waals surface area contributed by atoms with E-state index in [9.17, 15) is 4.79 Å². The molecule has 5 heterocycles. The Bertz CT molecular complexity index is 2620. The van der Waals surface area contributed by atoms with E-state index in [2.05, 4.69) is 58.5 Å². The number of hydrogen-bond acceptors (Lipinski definition) is 4. The smallest absolute Gasteiger partial charge is 0.216 e. The highest BCUT2D eigenvalue weighted by Gasteiger charge is 2.36. The number of aromatic amines is 2. The summed E-state index contributed by atoms with van der Waals surface area (Å²) in [6.45, 7) is 0. The van der Waals surface area contributed by atoms with Gasteiger partial charge in [0.2, 0.25) is 5.78 Å². The number of methoxy groups -OCH3 is 1. The number of carbonyl (C=O) groups is 1. The highest BCUT2D eigenvalue weighted by molar-refractivity contribution is 6.09. The standard InChI is InChI=1S/C45H32N4O2/c1-51-45-43-41(31-20-12-5-13-21-31)37-27-25-35(48-37)39(29-16-8-3-9-17-29)33-23-22-32(46-33)38(28-14-6-2-7-15-28)34-24-26-36(47-34)40(42(49-43)44(45)50)30-18-10-4-11-19-30/h2-27,45-46,48H,1H3. The van der Waals surface area contributed by atoms with Crippen LogP contribution in [-0.4, -0.2) is 32.8 Å². The summed E-state index contributed by atoms with van der Waals surface area (Å²) in [5.41, 5.74) is 13.2. The van der Waals surface area contributed by atoms with E-state index in [0.717, 1.165) is 66.7 Å². The third-order valence-electron chi connectivity index (χ3n) is 9.53. The minimum Gasteiger partial charge on any atom is -0.367 e. The number of nitrogens with zero attached hydrogens (tertiary/aromatic N) is 2. The molecule has 3 aromatic heterocycles. The summed E-state index contributed by atoms with van der Waals surface area (Å²) in [4.78, 5) is 32.5. The van der Waals surface area contributed by atoms with Crippen LogP contribution in [0.1, 0.15) is 33.7 Å². The van der Waals surface area contributed by atoms with E-state index in [4.69, 9.17) is 14.7 Å². The molecule has 2 N–H and O–H groups in total. The molecule has 2 aliphatic rings. The highest BCUT2D eigenvalue weighted by atomic mass is 16.5. The lowest BCUT2D eigenvalue weighted by Gasteiger charge is -2.11. The maximum absolute atomic E-state index is 14.5. The van der Waals surface area contributed by atoms with Gasteiger partial charge in [0.05, 0.1) is 17.1 Å². The molecule has 6 heteroatoms. The van der Waals surface area contributed by atoms with Gasteiger partial charge in [0.15, 0.2) is 6.10 Å². The first kappa shape index (κ1) is 30.4. The summed E-state index contributed by atoms with van der Waals surface area (Å²) in [5, 5.41) is 0. The second-order valence-electron chi connectivity index (χ2n) is 12.6. The zero-order chi connectivity index (χ0) is 34.3. The van der Waals surface area contributed by atoms with Crippen LogP contribution in [0.3, 0.4) is 0 Å². The molecule has 1 unspecified atom stereocenters. The third-order valence-corrected chi connectivity index (χ3v) is 9.53. The van der Waals surface area contributed by atoms with Gasteiger partial charge in [-0.2, -0.15) is 0 Å². The Labute approximate surface area is 294 Å². The molecule has 0 radical (unpaired) electrons. The van der Waals surface area contributed by atoms with Gasteiger partial charge >= 0.3 is 0 Å². The van der Waals surface area contributed by atoms with Crippen LogP contribution in [0.25, 0.3) is 78.7 Å². The second-order valence-corrected chi connectivity index (χ2v) is 12.6. The van der Waals surface area contributed by atoms with E-state index in [-0.39, 0.29) is 5.78 Å². The highest BCUT2D eigenvalue weighted by Crippen LogP contribution is 2.41. The SMILES string of the molecule is COC1C(=O)c2nc1c(-c1ccccc1)c1ccc([nH]1)c(-c1ccccc1)c1ccc([nH]1)c(-c1ccccc1)c1nc(c2-c2ccccc2)C=C1. The van der Waals surface area contributed by atoms with E-state index in [0.29, 0.717) is 22.6 Å². The van der Waals surface area contributed by atoms with Gasteiger partial charge in [-0.1, -0.05) is 121 Å². The van der Waals surface area contributed by atoms with Gasteiger partial charge in [0, 0.05) is 51.4 Å². The van der Waals surface area contributed by atoms with Crippen LogP contribution in [0.5, 0.6) is 0 Å². The Kier molecular flexibility index (Phi) is 7.56. The first-order valence-electron chi connectivity index (χ1n) is 16.9. The van der Waals surface area contributed by atoms with Crippen LogP contribution in [0.4, 0.5) is 0 Å². The number of aromatic nitrogens is 4. The lowest BCUT2D eigenvalue weighted by atomic mass is 9.97. The number of benzene rings is 4. The van der Waals surface area contributed by atoms with Gasteiger partial charge in [-0.15, -0.1) is 0 Å². The number of ether oxygens (including phenoxy) is 1. The van der Waals surface area contributed by atoms with E-state index < -0.39 is 6.10 Å². The van der Waals surface area contributed by atoms with Crippen LogP contribution < -0.4 is 0 Å². The Hall–Kier alpha value is -6.63. The molecule has 4 aromatic carbocycles. The third kappa shape index (κ3) is 5.30. The average Bonchev–Trinajstić information content (AvgIpc) is 4.01. The molecule has 0 fully saturated rings. The minimum absolute atomic E-state index is 0.210. The summed E-state index contributed by atoms with van der Waals surface area (Å²) < 4.78 is 6.00. The summed E-state index contributed by atoms with van der Waals surface area (Å²) in [6, 6.07) is 49.0. The average molecular weight is 661 g/mol. The van der Waals surface area contributed by atoms with Crippen LogP contribution in [-0.2, 0) is 4.74 Å². The predicted molar refractivity (Wildman–Crippen MR) is 206 cm³/mol. The topological polar surface area (TPSA) is 83.7 Å². The van der Waals surface area contributed by atoms with E-state index in [1.807, 2.05) is 109 Å². The molecule has 244 valence electrons. The lowest BCUT2D eigenvalue weighted by Crippen LogP contribution is -2.10. The molecule has 0 saturated carbocycles. The van der Waals surface area contributed by atoms with Crippen LogP contribution >= 0.6 is 0 Å². The molecule has 51 heavy (non-hydrogen) atoms. The Balaban J connectivity index is 1.52. The number of hydrogen-bond donors (Lipinski definition) is 2. The fourth-order valence-electron chi connectivity index (χ4n) is 7.25. The first-order chi connectivity index (χ1) is 25.2. The maximum Gasteiger partial charge on any atom is 0.216 e. The van der Waals surface area contributed by atoms with Crippen molar-refractivity contribution in [3.63, 3.8) is 0 Å². The molecular formula is C45H32N4O2. The van der Waals surface area contributed by atoms with Crippen LogP contribution in [0, 0.1) is 0 Å². The fraction of sp³-hybridized carbons (Fsp3) is 0.0444. The number of fused-ring (bicyclic) bond motifs is 8. The summed E-state index contributed by atoms with van der Waals surface area (Å²) in [6.07, 6.45) is 3.09. The summed E-state index contributed by atoms with van der Waals surface area (Å²) in [5.74, 6) is -0.210.